The van der Waals surface area contributed by atoms with Crippen molar-refractivity contribution in [2.75, 3.05) is 13.2 Å². The molecule has 1 aliphatic rings. The second-order valence-corrected chi connectivity index (χ2v) is 3.31. The maximum atomic E-state index is 10.2. The van der Waals surface area contributed by atoms with Crippen molar-refractivity contribution in [3.05, 3.63) is 11.7 Å². The van der Waals surface area contributed by atoms with Gasteiger partial charge in [-0.3, -0.25) is 0 Å². The minimum atomic E-state index is 0.229. The van der Waals surface area contributed by atoms with Crippen LogP contribution in [0.1, 0.15) is 30.5 Å². The number of ether oxygens (including phenoxy) is 1. The zero-order valence-corrected chi connectivity index (χ0v) is 7.81. The van der Waals surface area contributed by atoms with Crippen molar-refractivity contribution < 1.29 is 14.1 Å². The zero-order valence-electron chi connectivity index (χ0n) is 7.81. The molecule has 1 aromatic rings. The van der Waals surface area contributed by atoms with Crippen molar-refractivity contribution in [1.82, 2.24) is 10.1 Å². The van der Waals surface area contributed by atoms with Crippen LogP contribution in [-0.4, -0.2) is 29.6 Å². The van der Waals surface area contributed by atoms with Crippen molar-refractivity contribution in [3.8, 4) is 0 Å². The van der Waals surface area contributed by atoms with Crippen LogP contribution in [0.15, 0.2) is 4.52 Å². The second kappa shape index (κ2) is 4.32. The highest BCUT2D eigenvalue weighted by Gasteiger charge is 2.21. The maximum absolute atomic E-state index is 10.2. The maximum Gasteiger partial charge on any atom is 0.229 e. The van der Waals surface area contributed by atoms with Gasteiger partial charge in [-0.15, -0.1) is 0 Å². The van der Waals surface area contributed by atoms with E-state index in [1.54, 1.807) is 0 Å². The molecule has 2 rings (SSSR count). The van der Waals surface area contributed by atoms with Gasteiger partial charge in [0.1, 0.15) is 6.29 Å². The Morgan fingerprint density at radius 3 is 2.93 bits per heavy atom. The van der Waals surface area contributed by atoms with E-state index in [0.717, 1.165) is 32.3 Å². The van der Waals surface area contributed by atoms with Gasteiger partial charge in [0, 0.05) is 19.1 Å². The molecule has 1 saturated heterocycles. The van der Waals surface area contributed by atoms with E-state index in [2.05, 4.69) is 10.1 Å². The lowest BCUT2D eigenvalue weighted by Crippen LogP contribution is -2.14. The first-order valence-corrected chi connectivity index (χ1v) is 4.74. The Morgan fingerprint density at radius 2 is 2.21 bits per heavy atom. The third kappa shape index (κ3) is 1.98. The van der Waals surface area contributed by atoms with Crippen molar-refractivity contribution in [2.45, 2.75) is 25.2 Å². The molecule has 0 spiro atoms. The molecule has 0 unspecified atom stereocenters. The van der Waals surface area contributed by atoms with Crippen LogP contribution in [0.5, 0.6) is 0 Å². The molecule has 0 saturated carbocycles. The summed E-state index contributed by atoms with van der Waals surface area (Å²) in [5.74, 6) is 1.42. The normalized spacial score (nSPS) is 18.3. The monoisotopic (exact) mass is 196 g/mol. The fourth-order valence-corrected chi connectivity index (χ4v) is 1.54. The van der Waals surface area contributed by atoms with Gasteiger partial charge in [0.2, 0.25) is 5.89 Å². The predicted octanol–water partition coefficient (Wildman–Crippen LogP) is 0.705. The summed E-state index contributed by atoms with van der Waals surface area (Å²) in [5.41, 5.74) is 0. The third-order valence-electron chi connectivity index (χ3n) is 2.32. The Labute approximate surface area is 81.4 Å². The van der Waals surface area contributed by atoms with E-state index in [-0.39, 0.29) is 6.42 Å². The van der Waals surface area contributed by atoms with E-state index < -0.39 is 0 Å². The highest BCUT2D eigenvalue weighted by atomic mass is 16.5. The topological polar surface area (TPSA) is 65.2 Å². The van der Waals surface area contributed by atoms with Crippen LogP contribution in [0.25, 0.3) is 0 Å². The van der Waals surface area contributed by atoms with E-state index >= 15 is 0 Å². The Morgan fingerprint density at radius 1 is 1.43 bits per heavy atom. The predicted molar refractivity (Wildman–Crippen MR) is 46.9 cm³/mol. The Bertz CT molecular complexity index is 305. The molecule has 2 heterocycles. The average molecular weight is 196 g/mol. The average Bonchev–Trinajstić information content (AvgIpc) is 2.68. The van der Waals surface area contributed by atoms with Crippen molar-refractivity contribution in [1.29, 1.82) is 0 Å². The van der Waals surface area contributed by atoms with Crippen LogP contribution in [0, 0.1) is 0 Å². The van der Waals surface area contributed by atoms with Gasteiger partial charge in [-0.05, 0) is 12.8 Å². The summed E-state index contributed by atoms with van der Waals surface area (Å²) in [4.78, 5) is 14.4. The van der Waals surface area contributed by atoms with Gasteiger partial charge in [0.15, 0.2) is 5.82 Å². The SMILES string of the molecule is O=CCc1noc(C2CCOCC2)n1. The van der Waals surface area contributed by atoms with E-state index in [0.29, 0.717) is 17.6 Å². The lowest BCUT2D eigenvalue weighted by molar-refractivity contribution is -0.107. The fourth-order valence-electron chi connectivity index (χ4n) is 1.54. The Balaban J connectivity index is 2.03. The van der Waals surface area contributed by atoms with Crippen molar-refractivity contribution in [3.63, 3.8) is 0 Å². The number of aromatic nitrogens is 2. The summed E-state index contributed by atoms with van der Waals surface area (Å²) in [6, 6.07) is 0. The number of rotatable bonds is 3. The molecule has 76 valence electrons. The first kappa shape index (κ1) is 9.33. The number of nitrogens with zero attached hydrogens (tertiary/aromatic N) is 2. The lowest BCUT2D eigenvalue weighted by Gasteiger charge is -2.17. The number of hydrogen-bond donors (Lipinski definition) is 0. The summed E-state index contributed by atoms with van der Waals surface area (Å²) in [6.45, 7) is 1.49. The van der Waals surface area contributed by atoms with Crippen molar-refractivity contribution in [2.24, 2.45) is 0 Å². The highest BCUT2D eigenvalue weighted by molar-refractivity contribution is 5.52. The van der Waals surface area contributed by atoms with Gasteiger partial charge in [0.25, 0.3) is 0 Å². The van der Waals surface area contributed by atoms with E-state index in [1.165, 1.54) is 0 Å². The van der Waals surface area contributed by atoms with E-state index in [1.807, 2.05) is 0 Å². The van der Waals surface area contributed by atoms with Gasteiger partial charge >= 0.3 is 0 Å². The van der Waals surface area contributed by atoms with Gasteiger partial charge in [-0.2, -0.15) is 4.98 Å². The summed E-state index contributed by atoms with van der Waals surface area (Å²) in [5, 5.41) is 3.72. The standard InChI is InChI=1S/C9H12N2O3/c12-4-1-8-10-9(14-11-8)7-2-5-13-6-3-7/h4,7H,1-3,5-6H2. The number of carbonyl (C=O) groups excluding carboxylic acids is 1. The zero-order chi connectivity index (χ0) is 9.80. The summed E-state index contributed by atoms with van der Waals surface area (Å²) >= 11 is 0. The van der Waals surface area contributed by atoms with Gasteiger partial charge in [0.05, 0.1) is 6.42 Å². The van der Waals surface area contributed by atoms with Gasteiger partial charge in [-0.1, -0.05) is 5.16 Å². The summed E-state index contributed by atoms with van der Waals surface area (Å²) < 4.78 is 10.3. The fraction of sp³-hybridized carbons (Fsp3) is 0.667. The largest absolute Gasteiger partial charge is 0.381 e. The first-order valence-electron chi connectivity index (χ1n) is 4.74. The molecule has 5 heteroatoms. The first-order chi connectivity index (χ1) is 6.90. The number of aldehydes is 1. The molecule has 1 aliphatic heterocycles. The van der Waals surface area contributed by atoms with Crippen LogP contribution < -0.4 is 0 Å². The van der Waals surface area contributed by atoms with Crippen LogP contribution in [0.2, 0.25) is 0 Å². The molecule has 0 radical (unpaired) electrons. The number of hydrogen-bond acceptors (Lipinski definition) is 5. The third-order valence-corrected chi connectivity index (χ3v) is 2.32. The Hall–Kier alpha value is -1.23. The molecule has 0 atom stereocenters. The summed E-state index contributed by atoms with van der Waals surface area (Å²) in [7, 11) is 0. The van der Waals surface area contributed by atoms with Crippen LogP contribution in [0.3, 0.4) is 0 Å². The molecule has 1 fully saturated rings. The Kier molecular flexibility index (Phi) is 2.88. The molecule has 0 N–H and O–H groups in total. The molecule has 0 bridgehead atoms. The van der Waals surface area contributed by atoms with Crippen molar-refractivity contribution >= 4 is 6.29 Å². The highest BCUT2D eigenvalue weighted by Crippen LogP contribution is 2.25. The van der Waals surface area contributed by atoms with Crippen LogP contribution >= 0.6 is 0 Å². The smallest absolute Gasteiger partial charge is 0.229 e. The summed E-state index contributed by atoms with van der Waals surface area (Å²) in [6.07, 6.45) is 2.84. The van der Waals surface area contributed by atoms with Crippen LogP contribution in [-0.2, 0) is 16.0 Å². The molecule has 0 aromatic carbocycles. The quantitative estimate of drug-likeness (QED) is 0.666. The number of carbonyl (C=O) groups is 1. The molecular weight excluding hydrogens is 184 g/mol. The van der Waals surface area contributed by atoms with Gasteiger partial charge in [-0.25, -0.2) is 0 Å². The van der Waals surface area contributed by atoms with Crippen LogP contribution in [0.4, 0.5) is 0 Å². The second-order valence-electron chi connectivity index (χ2n) is 3.31. The van der Waals surface area contributed by atoms with Gasteiger partial charge < -0.3 is 14.1 Å². The van der Waals surface area contributed by atoms with E-state index in [4.69, 9.17) is 9.26 Å². The minimum absolute atomic E-state index is 0.229. The lowest BCUT2D eigenvalue weighted by atomic mass is 10.0. The molecule has 0 amide bonds. The molecule has 14 heavy (non-hydrogen) atoms. The van der Waals surface area contributed by atoms with E-state index in [9.17, 15) is 4.79 Å². The molecule has 0 aliphatic carbocycles. The molecular formula is C9H12N2O3. The molecule has 1 aromatic heterocycles. The molecule has 5 nitrogen and oxygen atoms in total. The minimum Gasteiger partial charge on any atom is -0.381 e.